The summed E-state index contributed by atoms with van der Waals surface area (Å²) >= 11 is 0. The summed E-state index contributed by atoms with van der Waals surface area (Å²) in [5.74, 6) is 1.24. The Labute approximate surface area is 244 Å². The molecular weight excluding hydrogens is 559 g/mol. The first-order valence-electron chi connectivity index (χ1n) is 14.0. The molecule has 2 saturated heterocycles. The number of rotatable bonds is 9. The van der Waals surface area contributed by atoms with Crippen LogP contribution in [0.2, 0.25) is 0 Å². The van der Waals surface area contributed by atoms with Gasteiger partial charge in [-0.2, -0.15) is 4.31 Å². The molecule has 0 amide bonds. The van der Waals surface area contributed by atoms with Gasteiger partial charge < -0.3 is 20.3 Å². The molecule has 2 fully saturated rings. The summed E-state index contributed by atoms with van der Waals surface area (Å²) in [6.07, 6.45) is 3.31. The van der Waals surface area contributed by atoms with E-state index in [1.165, 1.54) is 22.7 Å². The molecule has 0 radical (unpaired) electrons. The Kier molecular flexibility index (Phi) is 8.24. The van der Waals surface area contributed by atoms with Crippen LogP contribution in [0.25, 0.3) is 16.9 Å². The number of sulfonamides is 1. The number of halogens is 1. The van der Waals surface area contributed by atoms with Gasteiger partial charge in [-0.1, -0.05) is 0 Å². The summed E-state index contributed by atoms with van der Waals surface area (Å²) < 4.78 is 46.0. The number of nitrogens with zero attached hydrogens (tertiary/aromatic N) is 6. The van der Waals surface area contributed by atoms with Gasteiger partial charge in [0.25, 0.3) is 0 Å². The number of benzene rings is 2. The van der Waals surface area contributed by atoms with E-state index in [9.17, 15) is 12.8 Å². The van der Waals surface area contributed by atoms with Crippen molar-refractivity contribution >= 4 is 32.7 Å². The van der Waals surface area contributed by atoms with Crippen molar-refractivity contribution in [3.8, 4) is 11.4 Å². The third-order valence-electron chi connectivity index (χ3n) is 7.59. The number of fused-ring (bicyclic) bond motifs is 1. The van der Waals surface area contributed by atoms with Crippen LogP contribution in [-0.4, -0.2) is 97.6 Å². The minimum atomic E-state index is -3.16. The van der Waals surface area contributed by atoms with Crippen molar-refractivity contribution < 1.29 is 17.5 Å². The van der Waals surface area contributed by atoms with Gasteiger partial charge in [-0.05, 0) is 60.2 Å². The third kappa shape index (κ3) is 6.65. The van der Waals surface area contributed by atoms with Crippen molar-refractivity contribution in [1.82, 2.24) is 23.8 Å². The van der Waals surface area contributed by atoms with Crippen molar-refractivity contribution in [2.45, 2.75) is 6.54 Å². The minimum Gasteiger partial charge on any atom is -0.378 e. The van der Waals surface area contributed by atoms with Crippen LogP contribution in [0.1, 0.15) is 5.56 Å². The van der Waals surface area contributed by atoms with Gasteiger partial charge >= 0.3 is 0 Å². The number of ether oxygens (including phenoxy) is 1. The average Bonchev–Trinajstić information content (AvgIpc) is 3.40. The minimum absolute atomic E-state index is 0.262. The van der Waals surface area contributed by atoms with E-state index < -0.39 is 10.0 Å². The Hall–Kier alpha value is -3.78. The normalized spacial score (nSPS) is 17.0. The van der Waals surface area contributed by atoms with E-state index in [1.54, 1.807) is 12.1 Å². The molecule has 2 aromatic carbocycles. The second kappa shape index (κ2) is 12.2. The zero-order valence-corrected chi connectivity index (χ0v) is 24.4. The highest BCUT2D eigenvalue weighted by Gasteiger charge is 2.24. The molecular formula is C29H35FN8O3S. The van der Waals surface area contributed by atoms with E-state index in [0.717, 1.165) is 46.9 Å². The lowest BCUT2D eigenvalue weighted by molar-refractivity contribution is 0.122. The topological polar surface area (TPSA) is 107 Å². The van der Waals surface area contributed by atoms with Crippen molar-refractivity contribution in [3.63, 3.8) is 0 Å². The molecule has 0 bridgehead atoms. The van der Waals surface area contributed by atoms with E-state index in [0.29, 0.717) is 58.4 Å². The number of morpholine rings is 1. The molecule has 11 nitrogen and oxygen atoms in total. The predicted molar refractivity (Wildman–Crippen MR) is 162 cm³/mol. The van der Waals surface area contributed by atoms with E-state index in [-0.39, 0.29) is 5.82 Å². The van der Waals surface area contributed by atoms with Crippen LogP contribution in [-0.2, 0) is 21.3 Å². The van der Waals surface area contributed by atoms with Crippen LogP contribution in [0.3, 0.4) is 0 Å². The van der Waals surface area contributed by atoms with E-state index in [2.05, 4.69) is 26.5 Å². The number of hydrogen-bond donors (Lipinski definition) is 2. The SMILES string of the molecule is CS(=O)(=O)N1CCN(Cc2cc3c(N4CCOCC4)nc(-c4ccc(NCNc5ccc(F)cc5)cc4)nn3c2)CC1. The first-order valence-corrected chi connectivity index (χ1v) is 15.9. The number of aromatic nitrogens is 3. The maximum absolute atomic E-state index is 13.1. The number of piperazine rings is 1. The molecule has 0 spiro atoms. The maximum atomic E-state index is 13.1. The smallest absolute Gasteiger partial charge is 0.211 e. The molecule has 4 aromatic rings. The van der Waals surface area contributed by atoms with Crippen LogP contribution >= 0.6 is 0 Å². The quantitative estimate of drug-likeness (QED) is 0.283. The summed E-state index contributed by atoms with van der Waals surface area (Å²) in [5, 5.41) is 11.4. The Bertz CT molecular complexity index is 1620. The van der Waals surface area contributed by atoms with Crippen LogP contribution < -0.4 is 15.5 Å². The first-order chi connectivity index (χ1) is 20.3. The zero-order chi connectivity index (χ0) is 29.1. The molecule has 2 aliphatic heterocycles. The van der Waals surface area contributed by atoms with Crippen LogP contribution in [0.5, 0.6) is 0 Å². The average molecular weight is 595 g/mol. The van der Waals surface area contributed by atoms with E-state index >= 15 is 0 Å². The van der Waals surface area contributed by atoms with Crippen LogP contribution in [0.15, 0.2) is 60.8 Å². The second-order valence-electron chi connectivity index (χ2n) is 10.6. The zero-order valence-electron chi connectivity index (χ0n) is 23.5. The van der Waals surface area contributed by atoms with Crippen molar-refractivity contribution in [2.75, 3.05) is 80.9 Å². The Morgan fingerprint density at radius 2 is 1.55 bits per heavy atom. The number of anilines is 3. The molecule has 0 atom stereocenters. The second-order valence-corrected chi connectivity index (χ2v) is 12.6. The van der Waals surface area contributed by atoms with Crippen molar-refractivity contribution in [2.24, 2.45) is 0 Å². The first kappa shape index (κ1) is 28.3. The lowest BCUT2D eigenvalue weighted by atomic mass is 10.2. The number of hydrogen-bond acceptors (Lipinski definition) is 9. The van der Waals surface area contributed by atoms with Gasteiger partial charge in [-0.15, -0.1) is 5.10 Å². The maximum Gasteiger partial charge on any atom is 0.211 e. The molecule has 0 aliphatic carbocycles. The van der Waals surface area contributed by atoms with Gasteiger partial charge in [-0.25, -0.2) is 22.3 Å². The van der Waals surface area contributed by atoms with Gasteiger partial charge in [-0.3, -0.25) is 4.90 Å². The summed E-state index contributed by atoms with van der Waals surface area (Å²) in [6.45, 7) is 6.39. The fourth-order valence-corrected chi connectivity index (χ4v) is 6.11. The van der Waals surface area contributed by atoms with E-state index in [4.69, 9.17) is 14.8 Å². The molecule has 222 valence electrons. The molecule has 42 heavy (non-hydrogen) atoms. The van der Waals surface area contributed by atoms with E-state index in [1.807, 2.05) is 35.0 Å². The Morgan fingerprint density at radius 1 is 0.905 bits per heavy atom. The fraction of sp³-hybridized carbons (Fsp3) is 0.379. The Balaban J connectivity index is 1.19. The fourth-order valence-electron chi connectivity index (χ4n) is 5.28. The van der Waals surface area contributed by atoms with Crippen molar-refractivity contribution in [1.29, 1.82) is 0 Å². The summed E-state index contributed by atoms with van der Waals surface area (Å²) in [4.78, 5) is 9.54. The third-order valence-corrected chi connectivity index (χ3v) is 8.89. The lowest BCUT2D eigenvalue weighted by Crippen LogP contribution is -2.47. The monoisotopic (exact) mass is 594 g/mol. The standard InChI is InChI=1S/C29H35FN8O3S/c1-42(39,40)37-12-10-35(11-13-37)19-22-18-27-29(36-14-16-41-17-15-36)33-28(34-38(27)20-22)23-2-6-25(7-3-23)31-21-32-26-8-4-24(30)5-9-26/h2-9,18,20,31-32H,10-17,19,21H2,1H3. The van der Waals surface area contributed by atoms with Gasteiger partial charge in [0.05, 0.1) is 26.1 Å². The van der Waals surface area contributed by atoms with Crippen molar-refractivity contribution in [3.05, 3.63) is 72.2 Å². The summed E-state index contributed by atoms with van der Waals surface area (Å²) in [6, 6.07) is 16.4. The highest BCUT2D eigenvalue weighted by molar-refractivity contribution is 7.88. The lowest BCUT2D eigenvalue weighted by Gasteiger charge is -2.32. The summed E-state index contributed by atoms with van der Waals surface area (Å²) in [5.41, 5.74) is 4.71. The molecule has 6 rings (SSSR count). The van der Waals surface area contributed by atoms with Crippen LogP contribution in [0, 0.1) is 5.82 Å². The molecule has 0 unspecified atom stereocenters. The molecule has 2 N–H and O–H groups in total. The van der Waals surface area contributed by atoms with Gasteiger partial charge in [0.15, 0.2) is 11.6 Å². The van der Waals surface area contributed by atoms with Gasteiger partial charge in [0, 0.05) is 68.9 Å². The molecule has 2 aliphatic rings. The summed E-state index contributed by atoms with van der Waals surface area (Å²) in [7, 11) is -3.16. The largest absolute Gasteiger partial charge is 0.378 e. The highest BCUT2D eigenvalue weighted by atomic mass is 32.2. The predicted octanol–water partition coefficient (Wildman–Crippen LogP) is 2.93. The number of nitrogens with one attached hydrogen (secondary N) is 2. The molecule has 2 aromatic heterocycles. The molecule has 4 heterocycles. The van der Waals surface area contributed by atoms with Crippen LogP contribution in [0.4, 0.5) is 21.6 Å². The Morgan fingerprint density at radius 3 is 2.19 bits per heavy atom. The highest BCUT2D eigenvalue weighted by Crippen LogP contribution is 2.27. The van der Waals surface area contributed by atoms with Gasteiger partial charge in [0.1, 0.15) is 11.3 Å². The van der Waals surface area contributed by atoms with Gasteiger partial charge in [0.2, 0.25) is 10.0 Å². The molecule has 13 heteroatoms. The molecule has 0 saturated carbocycles.